The summed E-state index contributed by atoms with van der Waals surface area (Å²) in [5.41, 5.74) is 3.66. The van der Waals surface area contributed by atoms with Crippen molar-refractivity contribution in [3.05, 3.63) is 72.7 Å². The number of amides is 1. The van der Waals surface area contributed by atoms with E-state index in [1.54, 1.807) is 11.0 Å². The van der Waals surface area contributed by atoms with Crippen LogP contribution in [0.25, 0.3) is 16.7 Å². The molecule has 0 aliphatic heterocycles. The first-order valence-corrected chi connectivity index (χ1v) is 8.97. The Bertz CT molecular complexity index is 1080. The molecule has 136 valence electrons. The number of aromatic nitrogens is 4. The van der Waals surface area contributed by atoms with Crippen LogP contribution in [-0.2, 0) is 11.3 Å². The second-order valence-corrected chi connectivity index (χ2v) is 6.77. The smallest absolute Gasteiger partial charge is 0.245 e. The molecule has 0 fully saturated rings. The fourth-order valence-corrected chi connectivity index (χ4v) is 3.01. The number of hydrogen-bond donors (Lipinski definition) is 1. The third-order valence-corrected chi connectivity index (χ3v) is 4.43. The van der Waals surface area contributed by atoms with Gasteiger partial charge in [-0.3, -0.25) is 4.79 Å². The Balaban J connectivity index is 1.61. The zero-order valence-corrected chi connectivity index (χ0v) is 15.3. The van der Waals surface area contributed by atoms with Crippen molar-refractivity contribution >= 4 is 22.8 Å². The van der Waals surface area contributed by atoms with E-state index in [1.165, 1.54) is 0 Å². The normalized spacial score (nSPS) is 11.2. The highest BCUT2D eigenvalue weighted by Gasteiger charge is 2.15. The molecule has 1 N–H and O–H groups in total. The quantitative estimate of drug-likeness (QED) is 0.586. The van der Waals surface area contributed by atoms with Crippen LogP contribution in [0.3, 0.4) is 0 Å². The molecule has 1 amide bonds. The Kier molecular flexibility index (Phi) is 4.46. The number of anilines is 1. The topological polar surface area (TPSA) is 64.7 Å². The Labute approximate surface area is 157 Å². The van der Waals surface area contributed by atoms with Crippen molar-refractivity contribution in [2.24, 2.45) is 0 Å². The van der Waals surface area contributed by atoms with Crippen LogP contribution in [-0.4, -0.2) is 25.2 Å². The summed E-state index contributed by atoms with van der Waals surface area (Å²) < 4.78 is 3.62. The molecule has 0 saturated heterocycles. The van der Waals surface area contributed by atoms with Crippen molar-refractivity contribution < 1.29 is 4.79 Å². The molecule has 0 aliphatic rings. The highest BCUT2D eigenvalue weighted by atomic mass is 16.2. The summed E-state index contributed by atoms with van der Waals surface area (Å²) in [6, 6.07) is 19.5. The molecule has 0 atom stereocenters. The predicted octanol–water partition coefficient (Wildman–Crippen LogP) is 3.98. The molecule has 0 radical (unpaired) electrons. The zero-order valence-electron chi connectivity index (χ0n) is 15.3. The maximum absolute atomic E-state index is 12.7. The summed E-state index contributed by atoms with van der Waals surface area (Å²) in [5, 5.41) is 7.66. The van der Waals surface area contributed by atoms with Crippen LogP contribution in [0.15, 0.2) is 67.0 Å². The minimum atomic E-state index is -0.120. The number of nitrogens with zero attached hydrogens (tertiary/aromatic N) is 4. The van der Waals surface area contributed by atoms with E-state index in [2.05, 4.69) is 29.2 Å². The van der Waals surface area contributed by atoms with Gasteiger partial charge in [0.1, 0.15) is 12.4 Å². The molecule has 0 aliphatic carbocycles. The van der Waals surface area contributed by atoms with Crippen molar-refractivity contribution in [2.75, 3.05) is 5.32 Å². The summed E-state index contributed by atoms with van der Waals surface area (Å²) >= 11 is 0. The van der Waals surface area contributed by atoms with Gasteiger partial charge in [-0.15, -0.1) is 0 Å². The first kappa shape index (κ1) is 17.0. The number of fused-ring (bicyclic) bond motifs is 1. The third-order valence-electron chi connectivity index (χ3n) is 4.43. The summed E-state index contributed by atoms with van der Waals surface area (Å²) in [4.78, 5) is 17.0. The Morgan fingerprint density at radius 2 is 1.81 bits per heavy atom. The molecule has 0 bridgehead atoms. The van der Waals surface area contributed by atoms with Crippen molar-refractivity contribution in [1.82, 2.24) is 19.3 Å². The predicted molar refractivity (Wildman–Crippen MR) is 106 cm³/mol. The molecule has 0 saturated carbocycles. The molecule has 6 nitrogen and oxygen atoms in total. The molecule has 2 aromatic carbocycles. The van der Waals surface area contributed by atoms with Crippen LogP contribution in [0.1, 0.15) is 25.5 Å². The average Bonchev–Trinajstić information content (AvgIpc) is 3.27. The SMILES string of the molecule is CC(C)c1cc(NC(=O)Cn2cnc3ccccc32)n(-c2ccccc2)n1. The lowest BCUT2D eigenvalue weighted by molar-refractivity contribution is -0.116. The number of nitrogens with one attached hydrogen (secondary N) is 1. The summed E-state index contributed by atoms with van der Waals surface area (Å²) in [5.74, 6) is 0.813. The lowest BCUT2D eigenvalue weighted by Gasteiger charge is -2.09. The first-order valence-electron chi connectivity index (χ1n) is 8.97. The van der Waals surface area contributed by atoms with Gasteiger partial charge in [0, 0.05) is 6.07 Å². The van der Waals surface area contributed by atoms with Gasteiger partial charge in [0.25, 0.3) is 0 Å². The molecule has 4 aromatic rings. The fraction of sp³-hybridized carbons (Fsp3) is 0.190. The largest absolute Gasteiger partial charge is 0.321 e. The van der Waals surface area contributed by atoms with Crippen LogP contribution in [0.4, 0.5) is 5.82 Å². The molecule has 4 rings (SSSR count). The number of hydrogen-bond acceptors (Lipinski definition) is 3. The Hall–Kier alpha value is -3.41. The molecular formula is C21H21N5O. The Morgan fingerprint density at radius 3 is 2.59 bits per heavy atom. The monoisotopic (exact) mass is 359 g/mol. The maximum atomic E-state index is 12.7. The lowest BCUT2D eigenvalue weighted by Crippen LogP contribution is -2.20. The van der Waals surface area contributed by atoms with Gasteiger partial charge in [0.05, 0.1) is 28.7 Å². The van der Waals surface area contributed by atoms with Crippen LogP contribution in [0.5, 0.6) is 0 Å². The van der Waals surface area contributed by atoms with Gasteiger partial charge in [0.15, 0.2) is 0 Å². The van der Waals surface area contributed by atoms with E-state index >= 15 is 0 Å². The third kappa shape index (κ3) is 3.46. The van der Waals surface area contributed by atoms with Crippen LogP contribution >= 0.6 is 0 Å². The molecule has 2 heterocycles. The summed E-state index contributed by atoms with van der Waals surface area (Å²) in [7, 11) is 0. The molecular weight excluding hydrogens is 338 g/mol. The van der Waals surface area contributed by atoms with E-state index in [-0.39, 0.29) is 18.4 Å². The summed E-state index contributed by atoms with van der Waals surface area (Å²) in [6.45, 7) is 4.36. The highest BCUT2D eigenvalue weighted by molar-refractivity contribution is 5.91. The van der Waals surface area contributed by atoms with Crippen LogP contribution in [0, 0.1) is 0 Å². The lowest BCUT2D eigenvalue weighted by atomic mass is 10.1. The van der Waals surface area contributed by atoms with Crippen molar-refractivity contribution in [3.8, 4) is 5.69 Å². The van der Waals surface area contributed by atoms with Crippen LogP contribution in [0.2, 0.25) is 0 Å². The molecule has 6 heteroatoms. The molecule has 27 heavy (non-hydrogen) atoms. The molecule has 2 aromatic heterocycles. The van der Waals surface area contributed by atoms with E-state index in [0.29, 0.717) is 5.82 Å². The minimum Gasteiger partial charge on any atom is -0.321 e. The van der Waals surface area contributed by atoms with Crippen LogP contribution < -0.4 is 5.32 Å². The van der Waals surface area contributed by atoms with Gasteiger partial charge in [-0.2, -0.15) is 5.10 Å². The van der Waals surface area contributed by atoms with Gasteiger partial charge >= 0.3 is 0 Å². The van der Waals surface area contributed by atoms with Crippen molar-refractivity contribution in [2.45, 2.75) is 26.3 Å². The van der Waals surface area contributed by atoms with E-state index in [1.807, 2.05) is 65.2 Å². The van der Waals surface area contributed by atoms with E-state index < -0.39 is 0 Å². The van der Waals surface area contributed by atoms with Gasteiger partial charge in [0.2, 0.25) is 5.91 Å². The van der Waals surface area contributed by atoms with E-state index in [9.17, 15) is 4.79 Å². The minimum absolute atomic E-state index is 0.120. The number of rotatable bonds is 5. The highest BCUT2D eigenvalue weighted by Crippen LogP contribution is 2.22. The number of carbonyl (C=O) groups excluding carboxylic acids is 1. The Morgan fingerprint density at radius 1 is 1.07 bits per heavy atom. The van der Waals surface area contributed by atoms with Gasteiger partial charge < -0.3 is 9.88 Å². The van der Waals surface area contributed by atoms with Gasteiger partial charge in [-0.25, -0.2) is 9.67 Å². The first-order chi connectivity index (χ1) is 13.1. The summed E-state index contributed by atoms with van der Waals surface area (Å²) in [6.07, 6.45) is 1.69. The number of para-hydroxylation sites is 3. The number of imidazole rings is 1. The van der Waals surface area contributed by atoms with Crippen molar-refractivity contribution in [1.29, 1.82) is 0 Å². The number of benzene rings is 2. The van der Waals surface area contributed by atoms with E-state index in [4.69, 9.17) is 0 Å². The average molecular weight is 359 g/mol. The molecule has 0 unspecified atom stereocenters. The standard InChI is InChI=1S/C21H21N5O/c1-15(2)18-12-20(26(24-18)16-8-4-3-5-9-16)23-21(27)13-25-14-22-17-10-6-7-11-19(17)25/h3-12,14-15H,13H2,1-2H3,(H,23,27). The molecule has 0 spiro atoms. The fourth-order valence-electron chi connectivity index (χ4n) is 3.01. The van der Waals surface area contributed by atoms with Gasteiger partial charge in [-0.05, 0) is 30.2 Å². The maximum Gasteiger partial charge on any atom is 0.245 e. The second kappa shape index (κ2) is 7.07. The second-order valence-electron chi connectivity index (χ2n) is 6.77. The van der Waals surface area contributed by atoms with Crippen molar-refractivity contribution in [3.63, 3.8) is 0 Å². The van der Waals surface area contributed by atoms with E-state index in [0.717, 1.165) is 22.4 Å². The zero-order chi connectivity index (χ0) is 18.8. The number of carbonyl (C=O) groups is 1. The van der Waals surface area contributed by atoms with Gasteiger partial charge in [-0.1, -0.05) is 44.2 Å².